The van der Waals surface area contributed by atoms with Crippen LogP contribution < -0.4 is 4.83 Å². The minimum atomic E-state index is -3.65. The summed E-state index contributed by atoms with van der Waals surface area (Å²) in [5, 5.41) is 6.28. The monoisotopic (exact) mass is 314 g/mol. The Morgan fingerprint density at radius 1 is 1.26 bits per heavy atom. The van der Waals surface area contributed by atoms with Crippen molar-refractivity contribution in [3.8, 4) is 0 Å². The van der Waals surface area contributed by atoms with Gasteiger partial charge in [-0.15, -0.1) is 11.3 Å². The van der Waals surface area contributed by atoms with Crippen molar-refractivity contribution < 1.29 is 8.42 Å². The SMILES string of the molecule is C/C(=N/NS(=O)(=O)c1ccc(Cl)cc1)c1cccs1. The number of hydrazone groups is 1. The third kappa shape index (κ3) is 3.56. The first-order valence-electron chi connectivity index (χ1n) is 5.34. The Balaban J connectivity index is 2.18. The van der Waals surface area contributed by atoms with Crippen molar-refractivity contribution >= 4 is 38.7 Å². The summed E-state index contributed by atoms with van der Waals surface area (Å²) in [7, 11) is -3.65. The molecule has 0 amide bonds. The molecule has 0 saturated heterocycles. The van der Waals surface area contributed by atoms with Crippen LogP contribution in [0.4, 0.5) is 0 Å². The number of nitrogens with one attached hydrogen (secondary N) is 1. The zero-order valence-electron chi connectivity index (χ0n) is 10.00. The van der Waals surface area contributed by atoms with E-state index in [9.17, 15) is 8.42 Å². The number of halogens is 1. The topological polar surface area (TPSA) is 58.5 Å². The van der Waals surface area contributed by atoms with Gasteiger partial charge in [0.1, 0.15) is 0 Å². The van der Waals surface area contributed by atoms with Gasteiger partial charge in [-0.25, -0.2) is 0 Å². The van der Waals surface area contributed by atoms with Crippen LogP contribution in [0, 0.1) is 0 Å². The van der Waals surface area contributed by atoms with Gasteiger partial charge in [-0.3, -0.25) is 0 Å². The molecule has 2 aromatic rings. The van der Waals surface area contributed by atoms with Gasteiger partial charge in [-0.05, 0) is 42.6 Å². The van der Waals surface area contributed by atoms with Crippen molar-refractivity contribution in [1.82, 2.24) is 4.83 Å². The smallest absolute Gasteiger partial charge is 0.200 e. The van der Waals surface area contributed by atoms with E-state index >= 15 is 0 Å². The summed E-state index contributed by atoms with van der Waals surface area (Å²) >= 11 is 7.21. The van der Waals surface area contributed by atoms with Crippen molar-refractivity contribution in [3.05, 3.63) is 51.7 Å². The predicted molar refractivity (Wildman–Crippen MR) is 78.3 cm³/mol. The van der Waals surface area contributed by atoms with Crippen LogP contribution in [0.5, 0.6) is 0 Å². The van der Waals surface area contributed by atoms with Crippen molar-refractivity contribution in [3.63, 3.8) is 0 Å². The highest BCUT2D eigenvalue weighted by molar-refractivity contribution is 7.89. The van der Waals surface area contributed by atoms with E-state index in [2.05, 4.69) is 9.93 Å². The van der Waals surface area contributed by atoms with Gasteiger partial charge in [0.25, 0.3) is 10.0 Å². The van der Waals surface area contributed by atoms with Crippen LogP contribution in [-0.4, -0.2) is 14.1 Å². The summed E-state index contributed by atoms with van der Waals surface area (Å²) in [6.07, 6.45) is 0. The van der Waals surface area contributed by atoms with Gasteiger partial charge in [-0.2, -0.15) is 18.4 Å². The van der Waals surface area contributed by atoms with Gasteiger partial charge >= 0.3 is 0 Å². The molecule has 1 heterocycles. The summed E-state index contributed by atoms with van der Waals surface area (Å²) in [5.41, 5.74) is 0.618. The maximum atomic E-state index is 12.0. The highest BCUT2D eigenvalue weighted by Gasteiger charge is 2.12. The molecule has 0 aliphatic carbocycles. The van der Waals surface area contributed by atoms with Gasteiger partial charge in [0.2, 0.25) is 0 Å². The predicted octanol–water partition coefficient (Wildman–Crippen LogP) is 3.10. The quantitative estimate of drug-likeness (QED) is 0.696. The molecule has 0 bridgehead atoms. The Hall–Kier alpha value is -1.37. The summed E-state index contributed by atoms with van der Waals surface area (Å²) in [4.78, 5) is 3.25. The molecular weight excluding hydrogens is 304 g/mol. The molecule has 2 rings (SSSR count). The molecule has 0 aliphatic rings. The molecule has 4 nitrogen and oxygen atoms in total. The Morgan fingerprint density at radius 2 is 1.95 bits per heavy atom. The second kappa shape index (κ2) is 5.73. The second-order valence-corrected chi connectivity index (χ2v) is 6.77. The fraction of sp³-hybridized carbons (Fsp3) is 0.0833. The van der Waals surface area contributed by atoms with Crippen molar-refractivity contribution in [2.24, 2.45) is 5.10 Å². The fourth-order valence-electron chi connectivity index (χ4n) is 1.33. The normalized spacial score (nSPS) is 12.4. The molecule has 1 N–H and O–H groups in total. The zero-order chi connectivity index (χ0) is 13.9. The van der Waals surface area contributed by atoms with Crippen molar-refractivity contribution in [2.75, 3.05) is 0 Å². The molecule has 0 fully saturated rings. The Kier molecular flexibility index (Phi) is 4.24. The number of rotatable bonds is 4. The molecule has 100 valence electrons. The average Bonchev–Trinajstić information content (AvgIpc) is 2.90. The van der Waals surface area contributed by atoms with E-state index in [1.165, 1.54) is 35.6 Å². The van der Waals surface area contributed by atoms with Gasteiger partial charge in [0, 0.05) is 5.02 Å². The standard InChI is InChI=1S/C12H11ClN2O2S2/c1-9(12-3-2-8-18-12)14-15-19(16,17)11-6-4-10(13)5-7-11/h2-8,15H,1H3/b14-9-. The van der Waals surface area contributed by atoms with Crippen LogP contribution in [0.2, 0.25) is 5.02 Å². The molecule has 0 spiro atoms. The minimum Gasteiger partial charge on any atom is -0.200 e. The van der Waals surface area contributed by atoms with E-state index in [-0.39, 0.29) is 4.90 Å². The lowest BCUT2D eigenvalue weighted by Crippen LogP contribution is -2.19. The molecule has 0 unspecified atom stereocenters. The number of nitrogens with zero attached hydrogens (tertiary/aromatic N) is 1. The molecule has 0 atom stereocenters. The van der Waals surface area contributed by atoms with Crippen LogP contribution in [0.1, 0.15) is 11.8 Å². The van der Waals surface area contributed by atoms with E-state index in [0.717, 1.165) is 4.88 Å². The van der Waals surface area contributed by atoms with Gasteiger partial charge in [-0.1, -0.05) is 17.7 Å². The Labute approximate surface area is 120 Å². The van der Waals surface area contributed by atoms with Gasteiger partial charge in [0.05, 0.1) is 15.5 Å². The molecule has 7 heteroatoms. The average molecular weight is 315 g/mol. The van der Waals surface area contributed by atoms with E-state index in [1.807, 2.05) is 17.5 Å². The molecule has 0 saturated carbocycles. The zero-order valence-corrected chi connectivity index (χ0v) is 12.4. The lowest BCUT2D eigenvalue weighted by atomic mass is 10.3. The van der Waals surface area contributed by atoms with Crippen LogP contribution in [0.3, 0.4) is 0 Å². The van der Waals surface area contributed by atoms with E-state index < -0.39 is 10.0 Å². The van der Waals surface area contributed by atoms with E-state index in [1.54, 1.807) is 6.92 Å². The number of benzene rings is 1. The first-order valence-corrected chi connectivity index (χ1v) is 8.09. The first-order chi connectivity index (χ1) is 8.99. The summed E-state index contributed by atoms with van der Waals surface area (Å²) in [6, 6.07) is 9.66. The van der Waals surface area contributed by atoms with E-state index in [4.69, 9.17) is 11.6 Å². The molecule has 19 heavy (non-hydrogen) atoms. The molecule has 1 aromatic carbocycles. The summed E-state index contributed by atoms with van der Waals surface area (Å²) in [5.74, 6) is 0. The Morgan fingerprint density at radius 3 is 2.53 bits per heavy atom. The number of hydrogen-bond acceptors (Lipinski definition) is 4. The molecule has 1 aromatic heterocycles. The van der Waals surface area contributed by atoms with Gasteiger partial charge in [0.15, 0.2) is 0 Å². The van der Waals surface area contributed by atoms with Crippen LogP contribution >= 0.6 is 22.9 Å². The van der Waals surface area contributed by atoms with Crippen molar-refractivity contribution in [1.29, 1.82) is 0 Å². The van der Waals surface area contributed by atoms with Gasteiger partial charge < -0.3 is 0 Å². The minimum absolute atomic E-state index is 0.125. The lowest BCUT2D eigenvalue weighted by molar-refractivity contribution is 0.584. The highest BCUT2D eigenvalue weighted by Crippen LogP contribution is 2.14. The Bertz CT molecular complexity index is 677. The number of sulfonamides is 1. The van der Waals surface area contributed by atoms with E-state index in [0.29, 0.717) is 10.7 Å². The second-order valence-electron chi connectivity index (χ2n) is 3.72. The van der Waals surface area contributed by atoms with Crippen LogP contribution in [-0.2, 0) is 10.0 Å². The molecule has 0 aliphatic heterocycles. The number of hydrogen-bond donors (Lipinski definition) is 1. The van der Waals surface area contributed by atoms with Crippen LogP contribution in [0.15, 0.2) is 51.8 Å². The highest BCUT2D eigenvalue weighted by atomic mass is 35.5. The third-order valence-electron chi connectivity index (χ3n) is 2.34. The fourth-order valence-corrected chi connectivity index (χ4v) is 2.99. The largest absolute Gasteiger partial charge is 0.276 e. The third-order valence-corrected chi connectivity index (χ3v) is 4.79. The number of thiophene rings is 1. The maximum Gasteiger partial charge on any atom is 0.276 e. The summed E-state index contributed by atoms with van der Waals surface area (Å²) in [6.45, 7) is 1.75. The molecular formula is C12H11ClN2O2S2. The van der Waals surface area contributed by atoms with Crippen LogP contribution in [0.25, 0.3) is 0 Å². The van der Waals surface area contributed by atoms with Crippen molar-refractivity contribution in [2.45, 2.75) is 11.8 Å². The molecule has 0 radical (unpaired) electrons. The summed E-state index contributed by atoms with van der Waals surface area (Å²) < 4.78 is 23.9. The first kappa shape index (κ1) is 14.0. The lowest BCUT2D eigenvalue weighted by Gasteiger charge is -2.04. The maximum absolute atomic E-state index is 12.0.